The largest absolute Gasteiger partial charge is 0.393 e. The summed E-state index contributed by atoms with van der Waals surface area (Å²) in [5, 5.41) is 20.2. The van der Waals surface area contributed by atoms with Gasteiger partial charge in [-0.05, 0) is 45.4 Å². The van der Waals surface area contributed by atoms with Crippen LogP contribution >= 0.6 is 0 Å². The fourth-order valence-electron chi connectivity index (χ4n) is 3.14. The molecule has 0 spiro atoms. The van der Waals surface area contributed by atoms with Gasteiger partial charge in [-0.2, -0.15) is 0 Å². The van der Waals surface area contributed by atoms with Crippen LogP contribution in [0.2, 0.25) is 0 Å². The molecule has 0 aromatic heterocycles. The van der Waals surface area contributed by atoms with E-state index in [1.54, 1.807) is 6.92 Å². The van der Waals surface area contributed by atoms with E-state index in [4.69, 9.17) is 4.74 Å². The molecule has 1 unspecified atom stereocenters. The van der Waals surface area contributed by atoms with Crippen molar-refractivity contribution in [1.82, 2.24) is 0 Å². The number of allylic oxidation sites excluding steroid dienone is 6. The Balaban J connectivity index is 2.36. The number of ether oxygens (including phenoxy) is 1. The molecule has 1 saturated heterocycles. The number of hydrogen-bond donors (Lipinski definition) is 2. The van der Waals surface area contributed by atoms with Crippen LogP contribution in [0.4, 0.5) is 0 Å². The lowest BCUT2D eigenvalue weighted by Crippen LogP contribution is -2.50. The van der Waals surface area contributed by atoms with Gasteiger partial charge in [-0.25, -0.2) is 0 Å². The predicted octanol–water partition coefficient (Wildman–Crippen LogP) is 4.92. The van der Waals surface area contributed by atoms with Gasteiger partial charge >= 0.3 is 0 Å². The van der Waals surface area contributed by atoms with E-state index in [0.717, 1.165) is 19.3 Å². The van der Waals surface area contributed by atoms with E-state index in [2.05, 4.69) is 38.7 Å². The van der Waals surface area contributed by atoms with Crippen LogP contribution in [-0.4, -0.2) is 28.2 Å². The third-order valence-corrected chi connectivity index (χ3v) is 4.93. The van der Waals surface area contributed by atoms with Crippen LogP contribution in [0, 0.1) is 11.8 Å². The molecule has 2 N–H and O–H groups in total. The Morgan fingerprint density at radius 2 is 2.08 bits per heavy atom. The molecule has 0 aliphatic carbocycles. The molecule has 3 heteroatoms. The molecule has 1 aliphatic heterocycles. The molecule has 0 aromatic carbocycles. The van der Waals surface area contributed by atoms with Gasteiger partial charge in [0.15, 0.2) is 5.79 Å². The van der Waals surface area contributed by atoms with E-state index in [1.165, 1.54) is 5.57 Å². The van der Waals surface area contributed by atoms with E-state index in [0.29, 0.717) is 18.8 Å². The number of hydrogen-bond acceptors (Lipinski definition) is 3. The van der Waals surface area contributed by atoms with Gasteiger partial charge in [-0.3, -0.25) is 0 Å². The van der Waals surface area contributed by atoms with Gasteiger partial charge in [0.05, 0.1) is 12.2 Å². The van der Waals surface area contributed by atoms with Gasteiger partial charge in [0.1, 0.15) is 0 Å². The zero-order chi connectivity index (χ0) is 18.9. The second-order valence-corrected chi connectivity index (χ2v) is 7.53. The monoisotopic (exact) mass is 348 g/mol. The first kappa shape index (κ1) is 21.9. The zero-order valence-corrected chi connectivity index (χ0v) is 16.3. The molecule has 5 atom stereocenters. The number of unbranched alkanes of at least 4 members (excludes halogenated alkanes) is 1. The van der Waals surface area contributed by atoms with Gasteiger partial charge in [-0.15, -0.1) is 6.58 Å². The normalized spacial score (nSPS) is 32.4. The Morgan fingerprint density at radius 1 is 1.36 bits per heavy atom. The van der Waals surface area contributed by atoms with Crippen molar-refractivity contribution in [2.45, 2.75) is 77.8 Å². The molecule has 3 nitrogen and oxygen atoms in total. The summed E-state index contributed by atoms with van der Waals surface area (Å²) >= 11 is 0. The zero-order valence-electron chi connectivity index (χ0n) is 16.3. The summed E-state index contributed by atoms with van der Waals surface area (Å²) in [6.45, 7) is 11.6. The van der Waals surface area contributed by atoms with Crippen LogP contribution in [0.25, 0.3) is 0 Å². The minimum absolute atomic E-state index is 0.140. The molecule has 0 amide bonds. The van der Waals surface area contributed by atoms with Crippen molar-refractivity contribution in [3.8, 4) is 0 Å². The maximum absolute atomic E-state index is 10.2. The SMILES string of the molecule is C=CCC/C=C(\C)CC(C)/C=C/C=C/C[C@@H]1C[C@H](O)[C@@H](C)[C@@](C)(O)O1. The molecule has 1 rings (SSSR count). The highest BCUT2D eigenvalue weighted by molar-refractivity contribution is 5.08. The molecule has 142 valence electrons. The summed E-state index contributed by atoms with van der Waals surface area (Å²) in [5.41, 5.74) is 1.42. The third kappa shape index (κ3) is 8.17. The van der Waals surface area contributed by atoms with Gasteiger partial charge in [0.25, 0.3) is 0 Å². The molecule has 1 aliphatic rings. The van der Waals surface area contributed by atoms with Gasteiger partial charge in [-0.1, -0.05) is 55.9 Å². The summed E-state index contributed by atoms with van der Waals surface area (Å²) in [4.78, 5) is 0. The summed E-state index contributed by atoms with van der Waals surface area (Å²) < 4.78 is 5.69. The second-order valence-electron chi connectivity index (χ2n) is 7.53. The smallest absolute Gasteiger partial charge is 0.168 e. The van der Waals surface area contributed by atoms with Crippen molar-refractivity contribution in [3.05, 3.63) is 48.6 Å². The molecule has 0 aromatic rings. The van der Waals surface area contributed by atoms with Crippen molar-refractivity contribution in [2.75, 3.05) is 0 Å². The molecule has 1 fully saturated rings. The first-order valence-electron chi connectivity index (χ1n) is 9.44. The lowest BCUT2D eigenvalue weighted by molar-refractivity contribution is -0.290. The van der Waals surface area contributed by atoms with Crippen LogP contribution < -0.4 is 0 Å². The van der Waals surface area contributed by atoms with Crippen molar-refractivity contribution < 1.29 is 14.9 Å². The van der Waals surface area contributed by atoms with Crippen LogP contribution in [0.5, 0.6) is 0 Å². The Bertz CT molecular complexity index is 488. The van der Waals surface area contributed by atoms with E-state index in [-0.39, 0.29) is 12.0 Å². The fraction of sp³-hybridized carbons (Fsp3) is 0.636. The van der Waals surface area contributed by atoms with Gasteiger partial charge in [0.2, 0.25) is 0 Å². The van der Waals surface area contributed by atoms with Crippen LogP contribution in [0.15, 0.2) is 48.6 Å². The Morgan fingerprint density at radius 3 is 2.72 bits per heavy atom. The highest BCUT2D eigenvalue weighted by Gasteiger charge is 2.42. The Kier molecular flexibility index (Phi) is 9.41. The molecule has 25 heavy (non-hydrogen) atoms. The van der Waals surface area contributed by atoms with E-state index in [9.17, 15) is 10.2 Å². The second kappa shape index (κ2) is 10.7. The molecule has 1 heterocycles. The van der Waals surface area contributed by atoms with Crippen molar-refractivity contribution in [3.63, 3.8) is 0 Å². The van der Waals surface area contributed by atoms with Crippen LogP contribution in [-0.2, 0) is 4.74 Å². The summed E-state index contributed by atoms with van der Waals surface area (Å²) in [5.74, 6) is -1.02. The summed E-state index contributed by atoms with van der Waals surface area (Å²) in [6, 6.07) is 0. The average molecular weight is 349 g/mol. The van der Waals surface area contributed by atoms with Crippen molar-refractivity contribution in [2.24, 2.45) is 11.8 Å². The van der Waals surface area contributed by atoms with E-state index in [1.807, 2.05) is 25.2 Å². The maximum atomic E-state index is 10.2. The van der Waals surface area contributed by atoms with E-state index >= 15 is 0 Å². The maximum Gasteiger partial charge on any atom is 0.168 e. The lowest BCUT2D eigenvalue weighted by atomic mass is 9.87. The molecular weight excluding hydrogens is 312 g/mol. The minimum atomic E-state index is -1.25. The summed E-state index contributed by atoms with van der Waals surface area (Å²) in [7, 11) is 0. The topological polar surface area (TPSA) is 49.7 Å². The third-order valence-electron chi connectivity index (χ3n) is 4.93. The predicted molar refractivity (Wildman–Crippen MR) is 105 cm³/mol. The quantitative estimate of drug-likeness (QED) is 0.353. The Hall–Kier alpha value is -1.16. The number of aliphatic hydroxyl groups excluding tert-OH is 1. The molecule has 0 saturated carbocycles. The number of aliphatic hydroxyl groups is 2. The van der Waals surface area contributed by atoms with Crippen LogP contribution in [0.3, 0.4) is 0 Å². The fourth-order valence-corrected chi connectivity index (χ4v) is 3.14. The minimum Gasteiger partial charge on any atom is -0.393 e. The van der Waals surface area contributed by atoms with Gasteiger partial charge in [0, 0.05) is 12.3 Å². The molecule has 0 bridgehead atoms. The highest BCUT2D eigenvalue weighted by atomic mass is 16.6. The van der Waals surface area contributed by atoms with Crippen molar-refractivity contribution >= 4 is 0 Å². The first-order valence-corrected chi connectivity index (χ1v) is 9.44. The van der Waals surface area contributed by atoms with Gasteiger partial charge < -0.3 is 14.9 Å². The summed E-state index contributed by atoms with van der Waals surface area (Å²) in [6.07, 6.45) is 16.4. The Labute approximate surface area is 153 Å². The van der Waals surface area contributed by atoms with Crippen LogP contribution in [0.1, 0.15) is 59.8 Å². The average Bonchev–Trinajstić information content (AvgIpc) is 2.52. The molecular formula is C22H36O3. The highest BCUT2D eigenvalue weighted by Crippen LogP contribution is 2.33. The van der Waals surface area contributed by atoms with Crippen molar-refractivity contribution in [1.29, 1.82) is 0 Å². The van der Waals surface area contributed by atoms with E-state index < -0.39 is 11.9 Å². The standard InChI is InChI=1S/C22H36O3/c1-6-7-9-12-17(2)15-18(3)13-10-8-11-14-20-16-21(23)19(4)22(5,24)25-20/h6,8,10-13,18-21,23-24H,1,7,9,14-16H2,2-5H3/b11-8+,13-10+,17-12+/t18?,19-,20-,21+,22+/m1/s1. The first-order chi connectivity index (χ1) is 11.8. The lowest BCUT2D eigenvalue weighted by Gasteiger charge is -2.42. The molecule has 0 radical (unpaired) electrons. The number of rotatable bonds is 9.